The Morgan fingerprint density at radius 3 is 2.69 bits per heavy atom. The highest BCUT2D eigenvalue weighted by atomic mass is 16.5. The first-order chi connectivity index (χ1) is 6.45. The van der Waals surface area contributed by atoms with Gasteiger partial charge in [0.2, 0.25) is 0 Å². The molecule has 1 aromatic rings. The first kappa shape index (κ1) is 8.05. The van der Waals surface area contributed by atoms with E-state index in [1.54, 1.807) is 6.20 Å². The van der Waals surface area contributed by atoms with Crippen LogP contribution >= 0.6 is 0 Å². The van der Waals surface area contributed by atoms with Gasteiger partial charge in [-0.2, -0.15) is 0 Å². The quantitative estimate of drug-likeness (QED) is 0.673. The van der Waals surface area contributed by atoms with Crippen LogP contribution in [0.15, 0.2) is 47.3 Å². The minimum absolute atomic E-state index is 0.880. The van der Waals surface area contributed by atoms with Crippen LogP contribution in [0.25, 0.3) is 0 Å². The Balaban J connectivity index is 2.06. The van der Waals surface area contributed by atoms with Gasteiger partial charge in [0.25, 0.3) is 0 Å². The van der Waals surface area contributed by atoms with Gasteiger partial charge in [-0.3, -0.25) is 4.99 Å². The van der Waals surface area contributed by atoms with E-state index in [1.807, 2.05) is 36.5 Å². The summed E-state index contributed by atoms with van der Waals surface area (Å²) >= 11 is 0. The number of nitrogens with zero attached hydrogens (tertiary/aromatic N) is 1. The van der Waals surface area contributed by atoms with Crippen LogP contribution in [0.1, 0.15) is 12.8 Å². The number of allylic oxidation sites excluding steroid dienone is 1. The zero-order valence-electron chi connectivity index (χ0n) is 7.31. The SMILES string of the molecule is C1=NC=C(Oc2ccccc2)CC1. The standard InChI is InChI=1S/C11H11NO/c1-2-5-10(6-3-1)13-11-7-4-8-12-9-11/h1-3,5-6,8-9H,4,7H2. The minimum atomic E-state index is 0.880. The molecule has 2 heteroatoms. The molecule has 0 radical (unpaired) electrons. The smallest absolute Gasteiger partial charge is 0.127 e. The predicted octanol–water partition coefficient (Wildman–Crippen LogP) is 2.77. The van der Waals surface area contributed by atoms with Gasteiger partial charge in [0, 0.05) is 12.6 Å². The lowest BCUT2D eigenvalue weighted by molar-refractivity contribution is 0.403. The van der Waals surface area contributed by atoms with Crippen molar-refractivity contribution in [2.24, 2.45) is 4.99 Å². The van der Waals surface area contributed by atoms with Crippen LogP contribution < -0.4 is 4.74 Å². The molecule has 0 saturated carbocycles. The van der Waals surface area contributed by atoms with Crippen LogP contribution in [0.5, 0.6) is 5.75 Å². The van der Waals surface area contributed by atoms with E-state index in [9.17, 15) is 0 Å². The highest BCUT2D eigenvalue weighted by Gasteiger charge is 2.01. The van der Waals surface area contributed by atoms with Crippen LogP contribution in [0.3, 0.4) is 0 Å². The van der Waals surface area contributed by atoms with E-state index >= 15 is 0 Å². The van der Waals surface area contributed by atoms with Crippen molar-refractivity contribution in [3.8, 4) is 5.75 Å². The van der Waals surface area contributed by atoms with Crippen LogP contribution in [0, 0.1) is 0 Å². The zero-order valence-corrected chi connectivity index (χ0v) is 7.31. The van der Waals surface area contributed by atoms with Gasteiger partial charge in [-0.05, 0) is 18.6 Å². The van der Waals surface area contributed by atoms with Crippen molar-refractivity contribution < 1.29 is 4.74 Å². The molecule has 2 rings (SSSR count). The Hall–Kier alpha value is -1.57. The lowest BCUT2D eigenvalue weighted by Crippen LogP contribution is -1.98. The first-order valence-electron chi connectivity index (χ1n) is 4.39. The summed E-state index contributed by atoms with van der Waals surface area (Å²) in [5, 5.41) is 0. The average Bonchev–Trinajstić information content (AvgIpc) is 2.21. The second kappa shape index (κ2) is 3.90. The molecule has 0 spiro atoms. The Kier molecular flexibility index (Phi) is 2.41. The molecule has 0 N–H and O–H groups in total. The minimum Gasteiger partial charge on any atom is -0.460 e. The van der Waals surface area contributed by atoms with E-state index in [2.05, 4.69) is 4.99 Å². The average molecular weight is 173 g/mol. The highest BCUT2D eigenvalue weighted by Crippen LogP contribution is 2.17. The Labute approximate surface area is 77.6 Å². The van der Waals surface area contributed by atoms with Crippen molar-refractivity contribution >= 4 is 6.21 Å². The largest absolute Gasteiger partial charge is 0.460 e. The van der Waals surface area contributed by atoms with Gasteiger partial charge in [0.05, 0.1) is 6.20 Å². The lowest BCUT2D eigenvalue weighted by atomic mass is 10.2. The molecule has 1 aliphatic heterocycles. The van der Waals surface area contributed by atoms with Crippen LogP contribution in [0.4, 0.5) is 0 Å². The number of benzene rings is 1. The van der Waals surface area contributed by atoms with Crippen molar-refractivity contribution in [3.05, 3.63) is 42.3 Å². The summed E-state index contributed by atoms with van der Waals surface area (Å²) in [5.41, 5.74) is 0. The third-order valence-corrected chi connectivity index (χ3v) is 1.84. The topological polar surface area (TPSA) is 21.6 Å². The molecule has 0 atom stereocenters. The van der Waals surface area contributed by atoms with Crippen LogP contribution in [0.2, 0.25) is 0 Å². The molecule has 0 bridgehead atoms. The van der Waals surface area contributed by atoms with E-state index in [0.717, 1.165) is 24.4 Å². The summed E-state index contributed by atoms with van der Waals surface area (Å²) < 4.78 is 5.60. The monoisotopic (exact) mass is 173 g/mol. The fourth-order valence-electron chi connectivity index (χ4n) is 1.20. The van der Waals surface area contributed by atoms with Crippen molar-refractivity contribution in [1.29, 1.82) is 0 Å². The summed E-state index contributed by atoms with van der Waals surface area (Å²) in [7, 11) is 0. The molecule has 0 aromatic heterocycles. The van der Waals surface area contributed by atoms with Gasteiger partial charge in [0.1, 0.15) is 11.5 Å². The number of rotatable bonds is 2. The Bertz CT molecular complexity index is 327. The zero-order chi connectivity index (χ0) is 8.93. The van der Waals surface area contributed by atoms with E-state index in [1.165, 1.54) is 0 Å². The first-order valence-corrected chi connectivity index (χ1v) is 4.39. The molecule has 0 amide bonds. The van der Waals surface area contributed by atoms with Crippen molar-refractivity contribution in [3.63, 3.8) is 0 Å². The molecule has 1 heterocycles. The molecule has 0 fully saturated rings. The molecule has 13 heavy (non-hydrogen) atoms. The molecule has 66 valence electrons. The van der Waals surface area contributed by atoms with E-state index in [4.69, 9.17) is 4.74 Å². The lowest BCUT2D eigenvalue weighted by Gasteiger charge is -2.09. The second-order valence-electron chi connectivity index (χ2n) is 2.88. The number of hydrogen-bond donors (Lipinski definition) is 0. The van der Waals surface area contributed by atoms with Gasteiger partial charge in [-0.15, -0.1) is 0 Å². The number of hydrogen-bond acceptors (Lipinski definition) is 2. The van der Waals surface area contributed by atoms with E-state index < -0.39 is 0 Å². The van der Waals surface area contributed by atoms with Crippen molar-refractivity contribution in [2.75, 3.05) is 0 Å². The van der Waals surface area contributed by atoms with Crippen LogP contribution in [-0.2, 0) is 0 Å². The summed E-state index contributed by atoms with van der Waals surface area (Å²) in [6.45, 7) is 0. The Morgan fingerprint density at radius 2 is 2.00 bits per heavy atom. The van der Waals surface area contributed by atoms with Gasteiger partial charge in [-0.1, -0.05) is 18.2 Å². The van der Waals surface area contributed by atoms with Gasteiger partial charge >= 0.3 is 0 Å². The Morgan fingerprint density at radius 1 is 1.15 bits per heavy atom. The van der Waals surface area contributed by atoms with Crippen LogP contribution in [-0.4, -0.2) is 6.21 Å². The fraction of sp³-hybridized carbons (Fsp3) is 0.182. The predicted molar refractivity (Wildman–Crippen MR) is 52.9 cm³/mol. The summed E-state index contributed by atoms with van der Waals surface area (Å²) in [4.78, 5) is 4.04. The fourth-order valence-corrected chi connectivity index (χ4v) is 1.20. The normalized spacial score (nSPS) is 15.2. The van der Waals surface area contributed by atoms with Gasteiger partial charge in [0.15, 0.2) is 0 Å². The summed E-state index contributed by atoms with van der Waals surface area (Å²) in [6, 6.07) is 9.78. The number of para-hydroxylation sites is 1. The molecular formula is C11H11NO. The number of aliphatic imine (C=N–C) groups is 1. The van der Waals surface area contributed by atoms with E-state index in [-0.39, 0.29) is 0 Å². The third-order valence-electron chi connectivity index (χ3n) is 1.84. The van der Waals surface area contributed by atoms with Crippen molar-refractivity contribution in [2.45, 2.75) is 12.8 Å². The summed E-state index contributed by atoms with van der Waals surface area (Å²) in [6.07, 6.45) is 5.59. The molecule has 1 aromatic carbocycles. The second-order valence-corrected chi connectivity index (χ2v) is 2.88. The molecule has 2 nitrogen and oxygen atoms in total. The maximum Gasteiger partial charge on any atom is 0.127 e. The molecule has 0 saturated heterocycles. The number of ether oxygens (including phenoxy) is 1. The van der Waals surface area contributed by atoms with Gasteiger partial charge in [-0.25, -0.2) is 0 Å². The van der Waals surface area contributed by atoms with Crippen molar-refractivity contribution in [1.82, 2.24) is 0 Å². The van der Waals surface area contributed by atoms with E-state index in [0.29, 0.717) is 0 Å². The summed E-state index contributed by atoms with van der Waals surface area (Å²) in [5.74, 6) is 1.82. The molecule has 0 aliphatic carbocycles. The third kappa shape index (κ3) is 2.18. The molecule has 1 aliphatic rings. The highest BCUT2D eigenvalue weighted by molar-refractivity contribution is 5.59. The maximum absolute atomic E-state index is 5.60. The van der Waals surface area contributed by atoms with Gasteiger partial charge < -0.3 is 4.74 Å². The molecular weight excluding hydrogens is 162 g/mol. The molecule has 0 unspecified atom stereocenters. The maximum atomic E-state index is 5.60.